The summed E-state index contributed by atoms with van der Waals surface area (Å²) < 4.78 is 26.2. The van der Waals surface area contributed by atoms with Crippen molar-refractivity contribution in [2.45, 2.75) is 44.1 Å². The molecule has 1 aromatic rings. The van der Waals surface area contributed by atoms with E-state index in [1.165, 1.54) is 0 Å². The van der Waals surface area contributed by atoms with E-state index in [1.807, 2.05) is 30.3 Å². The number of aliphatic hydroxyl groups excluding tert-OH is 1. The summed E-state index contributed by atoms with van der Waals surface area (Å²) in [4.78, 5) is 12.1. The minimum Gasteiger partial charge on any atom is -0.394 e. The summed E-state index contributed by atoms with van der Waals surface area (Å²) in [6.45, 7) is -0.163. The van der Waals surface area contributed by atoms with Crippen LogP contribution in [0.1, 0.15) is 31.2 Å². The zero-order valence-corrected chi connectivity index (χ0v) is 11.9. The number of nitrogens with one attached hydrogen (secondary N) is 1. The maximum atomic E-state index is 13.1. The van der Waals surface area contributed by atoms with Crippen molar-refractivity contribution in [1.29, 1.82) is 0 Å². The van der Waals surface area contributed by atoms with Crippen molar-refractivity contribution in [1.82, 2.24) is 5.32 Å². The fraction of sp³-hybridized carbons (Fsp3) is 0.562. The van der Waals surface area contributed by atoms with Gasteiger partial charge >= 0.3 is 0 Å². The molecule has 1 saturated carbocycles. The van der Waals surface area contributed by atoms with Crippen LogP contribution in [0.3, 0.4) is 0 Å². The molecule has 116 valence electrons. The quantitative estimate of drug-likeness (QED) is 0.877. The van der Waals surface area contributed by atoms with Gasteiger partial charge in [-0.05, 0) is 24.8 Å². The molecule has 0 unspecified atom stereocenters. The number of benzene rings is 1. The minimum atomic E-state index is -2.63. The number of aliphatic hydroxyl groups is 1. The van der Waals surface area contributed by atoms with Gasteiger partial charge in [-0.3, -0.25) is 4.79 Å². The van der Waals surface area contributed by atoms with E-state index in [0.717, 1.165) is 5.56 Å². The van der Waals surface area contributed by atoms with Gasteiger partial charge in [-0.15, -0.1) is 0 Å². The normalized spacial score (nSPS) is 20.0. The molecule has 0 aromatic heterocycles. The number of halogens is 2. The monoisotopic (exact) mass is 297 g/mol. The molecule has 0 heterocycles. The number of carbonyl (C=O) groups excluding carboxylic acids is 1. The Labute approximate surface area is 123 Å². The van der Waals surface area contributed by atoms with Crippen LogP contribution >= 0.6 is 0 Å². The zero-order valence-electron chi connectivity index (χ0n) is 11.9. The predicted molar refractivity (Wildman–Crippen MR) is 76.1 cm³/mol. The topological polar surface area (TPSA) is 49.3 Å². The van der Waals surface area contributed by atoms with E-state index in [9.17, 15) is 18.7 Å². The summed E-state index contributed by atoms with van der Waals surface area (Å²) in [6, 6.07) is 9.18. The standard InChI is InChI=1S/C16H21F2NO2/c17-16(18)8-6-13(7-9-16)15(21)19-14(11-20)10-12-4-2-1-3-5-12/h1-5,13-14,20H,6-11H2,(H,19,21)/t14-/m0/s1. The van der Waals surface area contributed by atoms with Crippen LogP contribution in [0.5, 0.6) is 0 Å². The SMILES string of the molecule is O=C(N[C@H](CO)Cc1ccccc1)C1CCC(F)(F)CC1. The van der Waals surface area contributed by atoms with E-state index in [1.54, 1.807) is 0 Å². The largest absolute Gasteiger partial charge is 0.394 e. The second-order valence-electron chi connectivity index (χ2n) is 5.71. The average molecular weight is 297 g/mol. The first kappa shape index (κ1) is 15.9. The van der Waals surface area contributed by atoms with Crippen LogP contribution in [0, 0.1) is 5.92 Å². The maximum Gasteiger partial charge on any atom is 0.248 e. The summed E-state index contributed by atoms with van der Waals surface area (Å²) in [7, 11) is 0. The molecule has 1 aromatic carbocycles. The first-order chi connectivity index (χ1) is 10.00. The van der Waals surface area contributed by atoms with E-state index in [2.05, 4.69) is 5.32 Å². The lowest BCUT2D eigenvalue weighted by Crippen LogP contribution is -2.44. The highest BCUT2D eigenvalue weighted by Crippen LogP contribution is 2.36. The Kier molecular flexibility index (Phi) is 5.28. The van der Waals surface area contributed by atoms with Gasteiger partial charge in [0.05, 0.1) is 12.6 Å². The predicted octanol–water partition coefficient (Wildman–Crippen LogP) is 2.53. The van der Waals surface area contributed by atoms with Crippen LogP contribution in [-0.4, -0.2) is 29.6 Å². The molecule has 0 bridgehead atoms. The first-order valence-corrected chi connectivity index (χ1v) is 7.33. The van der Waals surface area contributed by atoms with E-state index in [-0.39, 0.29) is 50.2 Å². The Morgan fingerprint density at radius 3 is 2.48 bits per heavy atom. The van der Waals surface area contributed by atoms with E-state index < -0.39 is 5.92 Å². The summed E-state index contributed by atoms with van der Waals surface area (Å²) in [6.07, 6.45) is 0.498. The minimum absolute atomic E-state index is 0.163. The average Bonchev–Trinajstić information content (AvgIpc) is 2.47. The molecule has 1 fully saturated rings. The number of alkyl halides is 2. The van der Waals surface area contributed by atoms with E-state index >= 15 is 0 Å². The summed E-state index contributed by atoms with van der Waals surface area (Å²) >= 11 is 0. The molecular weight excluding hydrogens is 276 g/mol. The molecule has 5 heteroatoms. The highest BCUT2D eigenvalue weighted by Gasteiger charge is 2.37. The summed E-state index contributed by atoms with van der Waals surface area (Å²) in [5.41, 5.74) is 1.02. The van der Waals surface area contributed by atoms with Crippen molar-refractivity contribution in [3.8, 4) is 0 Å². The number of amides is 1. The molecule has 1 amide bonds. The van der Waals surface area contributed by atoms with Crippen LogP contribution in [-0.2, 0) is 11.2 Å². The maximum absolute atomic E-state index is 13.1. The zero-order chi connectivity index (χ0) is 15.3. The number of hydrogen-bond acceptors (Lipinski definition) is 2. The lowest BCUT2D eigenvalue weighted by atomic mass is 9.86. The van der Waals surface area contributed by atoms with Crippen LogP contribution in [0.25, 0.3) is 0 Å². The smallest absolute Gasteiger partial charge is 0.248 e. The van der Waals surface area contributed by atoms with Crippen molar-refractivity contribution in [2.75, 3.05) is 6.61 Å². The van der Waals surface area contributed by atoms with Gasteiger partial charge in [0.25, 0.3) is 0 Å². The second-order valence-corrected chi connectivity index (χ2v) is 5.71. The molecule has 21 heavy (non-hydrogen) atoms. The van der Waals surface area contributed by atoms with Gasteiger partial charge in [-0.1, -0.05) is 30.3 Å². The van der Waals surface area contributed by atoms with Gasteiger partial charge < -0.3 is 10.4 Å². The molecule has 3 nitrogen and oxygen atoms in total. The third-order valence-corrected chi connectivity index (χ3v) is 3.98. The molecule has 1 aliphatic carbocycles. The highest BCUT2D eigenvalue weighted by molar-refractivity contribution is 5.79. The third-order valence-electron chi connectivity index (χ3n) is 3.98. The van der Waals surface area contributed by atoms with Crippen LogP contribution < -0.4 is 5.32 Å². The Morgan fingerprint density at radius 1 is 1.29 bits per heavy atom. The Bertz CT molecular complexity index is 455. The molecule has 0 radical (unpaired) electrons. The molecule has 1 atom stereocenters. The Balaban J connectivity index is 1.85. The first-order valence-electron chi connectivity index (χ1n) is 7.33. The van der Waals surface area contributed by atoms with Gasteiger partial charge in [0, 0.05) is 18.8 Å². The lowest BCUT2D eigenvalue weighted by Gasteiger charge is -2.28. The van der Waals surface area contributed by atoms with Crippen LogP contribution in [0.4, 0.5) is 8.78 Å². The molecule has 0 saturated heterocycles. The molecule has 0 spiro atoms. The van der Waals surface area contributed by atoms with E-state index in [4.69, 9.17) is 0 Å². The molecule has 0 aliphatic heterocycles. The fourth-order valence-electron chi connectivity index (χ4n) is 2.68. The van der Waals surface area contributed by atoms with Crippen molar-refractivity contribution >= 4 is 5.91 Å². The molecule has 1 aliphatic rings. The fourth-order valence-corrected chi connectivity index (χ4v) is 2.68. The number of rotatable bonds is 5. The second kappa shape index (κ2) is 6.98. The number of carbonyl (C=O) groups is 1. The van der Waals surface area contributed by atoms with Crippen molar-refractivity contribution in [3.05, 3.63) is 35.9 Å². The third kappa shape index (κ3) is 4.77. The van der Waals surface area contributed by atoms with Crippen molar-refractivity contribution in [3.63, 3.8) is 0 Å². The molecule has 2 N–H and O–H groups in total. The Hall–Kier alpha value is -1.49. The highest BCUT2D eigenvalue weighted by atomic mass is 19.3. The van der Waals surface area contributed by atoms with Gasteiger partial charge in [0.2, 0.25) is 11.8 Å². The summed E-state index contributed by atoms with van der Waals surface area (Å²) in [5, 5.41) is 12.2. The van der Waals surface area contributed by atoms with E-state index in [0.29, 0.717) is 6.42 Å². The Morgan fingerprint density at radius 2 is 1.90 bits per heavy atom. The van der Waals surface area contributed by atoms with Crippen molar-refractivity contribution < 1.29 is 18.7 Å². The van der Waals surface area contributed by atoms with Crippen molar-refractivity contribution in [2.24, 2.45) is 5.92 Å². The van der Waals surface area contributed by atoms with Gasteiger partial charge in [0.15, 0.2) is 0 Å². The van der Waals surface area contributed by atoms with Gasteiger partial charge in [-0.2, -0.15) is 0 Å². The lowest BCUT2D eigenvalue weighted by molar-refractivity contribution is -0.130. The van der Waals surface area contributed by atoms with Gasteiger partial charge in [-0.25, -0.2) is 8.78 Å². The van der Waals surface area contributed by atoms with Gasteiger partial charge in [0.1, 0.15) is 0 Å². The number of hydrogen-bond donors (Lipinski definition) is 2. The molecular formula is C16H21F2NO2. The summed E-state index contributed by atoms with van der Waals surface area (Å²) in [5.74, 6) is -3.22. The van der Waals surface area contributed by atoms with Crippen LogP contribution in [0.2, 0.25) is 0 Å². The molecule has 2 rings (SSSR count). The van der Waals surface area contributed by atoms with Crippen LogP contribution in [0.15, 0.2) is 30.3 Å².